The third kappa shape index (κ3) is 2.10. The van der Waals surface area contributed by atoms with Crippen LogP contribution in [0.4, 0.5) is 16.2 Å². The summed E-state index contributed by atoms with van der Waals surface area (Å²) in [6.07, 6.45) is 5.42. The van der Waals surface area contributed by atoms with Crippen molar-refractivity contribution in [2.75, 3.05) is 29.5 Å². The molecule has 1 aromatic rings. The second kappa shape index (κ2) is 4.89. The van der Waals surface area contributed by atoms with Gasteiger partial charge in [-0.05, 0) is 18.2 Å². The van der Waals surface area contributed by atoms with Crippen LogP contribution in [0.5, 0.6) is 0 Å². The number of amides is 2. The first-order chi connectivity index (χ1) is 9.69. The van der Waals surface area contributed by atoms with Crippen molar-refractivity contribution in [3.05, 3.63) is 24.3 Å². The molecule has 0 bridgehead atoms. The predicted octanol–water partition coefficient (Wildman–Crippen LogP) is 1.63. The Hall–Kier alpha value is -2.48. The number of nitrogens with zero attached hydrogens (tertiary/aromatic N) is 2. The van der Waals surface area contributed by atoms with Crippen molar-refractivity contribution in [2.24, 2.45) is 5.92 Å². The summed E-state index contributed by atoms with van der Waals surface area (Å²) in [5.74, 6) is 2.61. The molecular weight excluding hydrogens is 256 g/mol. The van der Waals surface area contributed by atoms with Gasteiger partial charge in [0.15, 0.2) is 0 Å². The molecule has 2 amide bonds. The van der Waals surface area contributed by atoms with Gasteiger partial charge in [0.2, 0.25) is 5.91 Å². The van der Waals surface area contributed by atoms with Crippen molar-refractivity contribution in [3.8, 4) is 12.3 Å². The molecule has 0 N–H and O–H groups in total. The fourth-order valence-electron chi connectivity index (χ4n) is 2.53. The molecule has 0 spiro atoms. The fourth-order valence-corrected chi connectivity index (χ4v) is 2.53. The number of hydrogen-bond donors (Lipinski definition) is 0. The van der Waals surface area contributed by atoms with Crippen LogP contribution in [0, 0.1) is 18.3 Å². The van der Waals surface area contributed by atoms with Crippen LogP contribution >= 0.6 is 0 Å². The van der Waals surface area contributed by atoms with Gasteiger partial charge in [0.25, 0.3) is 0 Å². The van der Waals surface area contributed by atoms with Gasteiger partial charge < -0.3 is 9.64 Å². The number of anilines is 2. The van der Waals surface area contributed by atoms with Gasteiger partial charge >= 0.3 is 6.09 Å². The molecule has 1 aromatic carbocycles. The quantitative estimate of drug-likeness (QED) is 0.767. The van der Waals surface area contributed by atoms with Gasteiger partial charge in [-0.25, -0.2) is 4.79 Å². The highest BCUT2D eigenvalue weighted by molar-refractivity contribution is 5.97. The van der Waals surface area contributed by atoms with Gasteiger partial charge in [-0.2, -0.15) is 0 Å². The lowest BCUT2D eigenvalue weighted by molar-refractivity contribution is -0.117. The summed E-state index contributed by atoms with van der Waals surface area (Å²) in [5.41, 5.74) is 1.51. The van der Waals surface area contributed by atoms with Gasteiger partial charge in [-0.15, -0.1) is 12.3 Å². The Morgan fingerprint density at radius 3 is 2.60 bits per heavy atom. The molecule has 2 aliphatic rings. The highest BCUT2D eigenvalue weighted by Crippen LogP contribution is 2.29. The molecule has 2 aliphatic heterocycles. The van der Waals surface area contributed by atoms with Crippen molar-refractivity contribution in [2.45, 2.75) is 6.42 Å². The maximum absolute atomic E-state index is 12.0. The molecule has 2 saturated heterocycles. The molecule has 3 rings (SSSR count). The molecule has 0 saturated carbocycles. The van der Waals surface area contributed by atoms with E-state index in [1.165, 1.54) is 0 Å². The van der Waals surface area contributed by atoms with Crippen LogP contribution in [0.25, 0.3) is 0 Å². The molecule has 1 atom stereocenters. The van der Waals surface area contributed by atoms with Crippen LogP contribution in [0.2, 0.25) is 0 Å². The van der Waals surface area contributed by atoms with E-state index in [1.54, 1.807) is 9.80 Å². The molecular formula is C15H14N2O3. The van der Waals surface area contributed by atoms with E-state index >= 15 is 0 Å². The normalized spacial score (nSPS) is 22.1. The van der Waals surface area contributed by atoms with Crippen molar-refractivity contribution < 1.29 is 14.3 Å². The second-order valence-electron chi connectivity index (χ2n) is 4.86. The minimum atomic E-state index is -0.351. The first kappa shape index (κ1) is 12.5. The standard InChI is InChI=1S/C15H14N2O3/c1-2-11-8-14(18)17(10-11)13-5-3-4-12(9-13)16-6-7-20-15(16)19/h1,3-5,9,11H,6-8,10H2. The molecule has 0 aromatic heterocycles. The van der Waals surface area contributed by atoms with Crippen LogP contribution in [-0.4, -0.2) is 31.7 Å². The average molecular weight is 270 g/mol. The lowest BCUT2D eigenvalue weighted by atomic mass is 10.1. The first-order valence-electron chi connectivity index (χ1n) is 6.50. The van der Waals surface area contributed by atoms with Gasteiger partial charge in [-0.1, -0.05) is 6.07 Å². The number of carbonyl (C=O) groups excluding carboxylic acids is 2. The monoisotopic (exact) mass is 270 g/mol. The molecule has 0 radical (unpaired) electrons. The number of rotatable bonds is 2. The maximum Gasteiger partial charge on any atom is 0.414 e. The zero-order valence-corrected chi connectivity index (χ0v) is 10.9. The zero-order chi connectivity index (χ0) is 14.1. The van der Waals surface area contributed by atoms with E-state index in [-0.39, 0.29) is 17.9 Å². The topological polar surface area (TPSA) is 49.9 Å². The SMILES string of the molecule is C#CC1CC(=O)N(c2cccc(N3CCOC3=O)c2)C1. The molecule has 0 aliphatic carbocycles. The number of cyclic esters (lactones) is 1. The molecule has 102 valence electrons. The molecule has 1 unspecified atom stereocenters. The number of terminal acetylenes is 1. The summed E-state index contributed by atoms with van der Waals surface area (Å²) in [6, 6.07) is 7.33. The van der Waals surface area contributed by atoms with Crippen molar-refractivity contribution in [3.63, 3.8) is 0 Å². The highest BCUT2D eigenvalue weighted by atomic mass is 16.6. The van der Waals surface area contributed by atoms with Crippen molar-refractivity contribution in [1.82, 2.24) is 0 Å². The van der Waals surface area contributed by atoms with E-state index in [0.29, 0.717) is 26.1 Å². The van der Waals surface area contributed by atoms with E-state index in [1.807, 2.05) is 24.3 Å². The maximum atomic E-state index is 12.0. The predicted molar refractivity (Wildman–Crippen MR) is 74.4 cm³/mol. The van der Waals surface area contributed by atoms with E-state index < -0.39 is 0 Å². The van der Waals surface area contributed by atoms with Crippen LogP contribution < -0.4 is 9.80 Å². The van der Waals surface area contributed by atoms with Gasteiger partial charge in [0.05, 0.1) is 6.54 Å². The van der Waals surface area contributed by atoms with Crippen molar-refractivity contribution in [1.29, 1.82) is 0 Å². The lowest BCUT2D eigenvalue weighted by Crippen LogP contribution is -2.26. The summed E-state index contributed by atoms with van der Waals surface area (Å²) < 4.78 is 4.92. The molecule has 5 nitrogen and oxygen atoms in total. The number of hydrogen-bond acceptors (Lipinski definition) is 3. The third-order valence-electron chi connectivity index (χ3n) is 3.57. The Morgan fingerprint density at radius 2 is 2.00 bits per heavy atom. The zero-order valence-electron chi connectivity index (χ0n) is 10.9. The highest BCUT2D eigenvalue weighted by Gasteiger charge is 2.30. The fraction of sp³-hybridized carbons (Fsp3) is 0.333. The Morgan fingerprint density at radius 1 is 1.25 bits per heavy atom. The van der Waals surface area contributed by atoms with Crippen LogP contribution in [0.1, 0.15) is 6.42 Å². The Kier molecular flexibility index (Phi) is 3.07. The summed E-state index contributed by atoms with van der Waals surface area (Å²) >= 11 is 0. The molecule has 2 heterocycles. The molecule has 20 heavy (non-hydrogen) atoms. The van der Waals surface area contributed by atoms with Crippen LogP contribution in [0.3, 0.4) is 0 Å². The van der Waals surface area contributed by atoms with E-state index in [9.17, 15) is 9.59 Å². The first-order valence-corrected chi connectivity index (χ1v) is 6.50. The lowest BCUT2D eigenvalue weighted by Gasteiger charge is -2.19. The minimum Gasteiger partial charge on any atom is -0.447 e. The Labute approximate surface area is 117 Å². The third-order valence-corrected chi connectivity index (χ3v) is 3.57. The smallest absolute Gasteiger partial charge is 0.414 e. The Balaban J connectivity index is 1.87. The summed E-state index contributed by atoms with van der Waals surface area (Å²) in [5, 5.41) is 0. The van der Waals surface area contributed by atoms with E-state index in [0.717, 1.165) is 11.4 Å². The second-order valence-corrected chi connectivity index (χ2v) is 4.86. The van der Waals surface area contributed by atoms with Crippen LogP contribution in [0.15, 0.2) is 24.3 Å². The summed E-state index contributed by atoms with van der Waals surface area (Å²) in [6.45, 7) is 1.46. The van der Waals surface area contributed by atoms with Crippen LogP contribution in [-0.2, 0) is 9.53 Å². The Bertz CT molecular complexity index is 605. The summed E-state index contributed by atoms with van der Waals surface area (Å²) in [4.78, 5) is 26.8. The largest absolute Gasteiger partial charge is 0.447 e. The van der Waals surface area contributed by atoms with Gasteiger partial charge in [-0.3, -0.25) is 9.69 Å². The van der Waals surface area contributed by atoms with E-state index in [2.05, 4.69) is 5.92 Å². The molecule has 2 fully saturated rings. The van der Waals surface area contributed by atoms with Crippen molar-refractivity contribution >= 4 is 23.4 Å². The summed E-state index contributed by atoms with van der Waals surface area (Å²) in [7, 11) is 0. The number of carbonyl (C=O) groups is 2. The number of benzene rings is 1. The van der Waals surface area contributed by atoms with Gasteiger partial charge in [0.1, 0.15) is 6.61 Å². The number of ether oxygens (including phenoxy) is 1. The minimum absolute atomic E-state index is 0.0223. The van der Waals surface area contributed by atoms with E-state index in [4.69, 9.17) is 11.2 Å². The average Bonchev–Trinajstić information content (AvgIpc) is 3.05. The van der Waals surface area contributed by atoms with Gasteiger partial charge in [0, 0.05) is 30.3 Å². The molecule has 5 heteroatoms.